The summed E-state index contributed by atoms with van der Waals surface area (Å²) < 4.78 is 10.2. The van der Waals surface area contributed by atoms with E-state index in [-0.39, 0.29) is 0 Å². The monoisotopic (exact) mass is 250 g/mol. The van der Waals surface area contributed by atoms with Crippen molar-refractivity contribution in [1.29, 1.82) is 0 Å². The summed E-state index contributed by atoms with van der Waals surface area (Å²) in [6, 6.07) is 3.95. The van der Waals surface area contributed by atoms with Crippen LogP contribution in [0.1, 0.15) is 24.8 Å². The minimum Gasteiger partial charge on any atom is -0.481 e. The highest BCUT2D eigenvalue weighted by atomic mass is 16.5. The first-order chi connectivity index (χ1) is 8.78. The number of hydrogen-bond acceptors (Lipinski definition) is 4. The largest absolute Gasteiger partial charge is 0.481 e. The van der Waals surface area contributed by atoms with Crippen molar-refractivity contribution in [3.63, 3.8) is 0 Å². The molecule has 0 saturated heterocycles. The first kappa shape index (κ1) is 13.3. The Morgan fingerprint density at radius 3 is 2.72 bits per heavy atom. The maximum absolute atomic E-state index is 5.16. The third kappa shape index (κ3) is 3.68. The number of hydrogen-bond donors (Lipinski definition) is 1. The summed E-state index contributed by atoms with van der Waals surface area (Å²) in [6.45, 7) is 2.81. The van der Waals surface area contributed by atoms with Gasteiger partial charge in [0.2, 0.25) is 5.88 Å². The van der Waals surface area contributed by atoms with Crippen LogP contribution in [0.3, 0.4) is 0 Å². The molecule has 100 valence electrons. The van der Waals surface area contributed by atoms with Gasteiger partial charge in [0.15, 0.2) is 0 Å². The fraction of sp³-hybridized carbons (Fsp3) is 0.643. The number of nitrogens with zero attached hydrogens (tertiary/aromatic N) is 1. The van der Waals surface area contributed by atoms with Gasteiger partial charge in [-0.3, -0.25) is 0 Å². The second kappa shape index (κ2) is 6.16. The Morgan fingerprint density at radius 1 is 1.33 bits per heavy atom. The van der Waals surface area contributed by atoms with Crippen LogP contribution in [0, 0.1) is 5.41 Å². The van der Waals surface area contributed by atoms with Gasteiger partial charge in [-0.25, -0.2) is 4.98 Å². The summed E-state index contributed by atoms with van der Waals surface area (Å²) in [5.41, 5.74) is 1.69. The molecule has 0 spiro atoms. The van der Waals surface area contributed by atoms with E-state index in [4.69, 9.17) is 9.47 Å². The fourth-order valence-electron chi connectivity index (χ4n) is 2.12. The zero-order valence-corrected chi connectivity index (χ0v) is 11.2. The average Bonchev–Trinajstić information content (AvgIpc) is 3.18. The molecular weight excluding hydrogens is 228 g/mol. The molecule has 1 aromatic heterocycles. The van der Waals surface area contributed by atoms with Crippen LogP contribution in [-0.4, -0.2) is 32.4 Å². The van der Waals surface area contributed by atoms with E-state index in [2.05, 4.69) is 10.3 Å². The molecule has 1 heterocycles. The molecule has 18 heavy (non-hydrogen) atoms. The molecule has 0 radical (unpaired) electrons. The minimum atomic E-state index is 0.496. The van der Waals surface area contributed by atoms with Gasteiger partial charge >= 0.3 is 0 Å². The lowest BCUT2D eigenvalue weighted by Crippen LogP contribution is -2.24. The highest BCUT2D eigenvalue weighted by Crippen LogP contribution is 2.48. The molecule has 0 aliphatic heterocycles. The molecule has 0 aromatic carbocycles. The SMILES string of the molecule is COCCC1(CNCc2ccc(OC)nc2)CC1. The minimum absolute atomic E-state index is 0.496. The van der Waals surface area contributed by atoms with Crippen LogP contribution < -0.4 is 10.1 Å². The number of nitrogens with one attached hydrogen (secondary N) is 1. The molecule has 0 bridgehead atoms. The van der Waals surface area contributed by atoms with Crippen LogP contribution in [0.5, 0.6) is 5.88 Å². The van der Waals surface area contributed by atoms with Crippen molar-refractivity contribution < 1.29 is 9.47 Å². The molecule has 1 aromatic rings. The van der Waals surface area contributed by atoms with Gasteiger partial charge in [0.1, 0.15) is 0 Å². The molecule has 0 amide bonds. The quantitative estimate of drug-likeness (QED) is 0.766. The van der Waals surface area contributed by atoms with E-state index in [9.17, 15) is 0 Å². The van der Waals surface area contributed by atoms with E-state index in [0.29, 0.717) is 11.3 Å². The first-order valence-corrected chi connectivity index (χ1v) is 6.47. The molecule has 1 N–H and O–H groups in total. The second-order valence-corrected chi connectivity index (χ2v) is 5.06. The first-order valence-electron chi connectivity index (χ1n) is 6.47. The lowest BCUT2D eigenvalue weighted by atomic mass is 10.0. The number of pyridine rings is 1. The maximum Gasteiger partial charge on any atom is 0.212 e. The van der Waals surface area contributed by atoms with Crippen molar-refractivity contribution >= 4 is 0 Å². The number of ether oxygens (including phenoxy) is 2. The zero-order chi connectivity index (χ0) is 12.8. The van der Waals surface area contributed by atoms with E-state index >= 15 is 0 Å². The maximum atomic E-state index is 5.16. The number of rotatable bonds is 8. The molecule has 1 saturated carbocycles. The van der Waals surface area contributed by atoms with Crippen molar-refractivity contribution in [1.82, 2.24) is 10.3 Å². The Kier molecular flexibility index (Phi) is 4.55. The van der Waals surface area contributed by atoms with Gasteiger partial charge in [0.25, 0.3) is 0 Å². The molecular formula is C14H22N2O2. The van der Waals surface area contributed by atoms with E-state index in [1.165, 1.54) is 18.4 Å². The molecule has 1 aliphatic carbocycles. The van der Waals surface area contributed by atoms with Crippen molar-refractivity contribution in [2.75, 3.05) is 27.4 Å². The Bertz CT molecular complexity index is 361. The standard InChI is InChI=1S/C14H22N2O2/c1-17-8-7-14(5-6-14)11-15-9-12-3-4-13(18-2)16-10-12/h3-4,10,15H,5-9,11H2,1-2H3. The van der Waals surface area contributed by atoms with Crippen molar-refractivity contribution in [3.8, 4) is 5.88 Å². The Labute approximate surface area is 109 Å². The van der Waals surface area contributed by atoms with E-state index < -0.39 is 0 Å². The van der Waals surface area contributed by atoms with Crippen LogP contribution in [0.15, 0.2) is 18.3 Å². The van der Waals surface area contributed by atoms with Crippen molar-refractivity contribution in [2.45, 2.75) is 25.8 Å². The normalized spacial score (nSPS) is 16.6. The summed E-state index contributed by atoms with van der Waals surface area (Å²) in [6.07, 6.45) is 5.67. The predicted molar refractivity (Wildman–Crippen MR) is 70.7 cm³/mol. The molecule has 4 nitrogen and oxygen atoms in total. The van der Waals surface area contributed by atoms with E-state index in [1.807, 2.05) is 18.3 Å². The zero-order valence-electron chi connectivity index (χ0n) is 11.2. The lowest BCUT2D eigenvalue weighted by molar-refractivity contribution is 0.171. The lowest BCUT2D eigenvalue weighted by Gasteiger charge is -2.15. The highest BCUT2D eigenvalue weighted by molar-refractivity contribution is 5.17. The van der Waals surface area contributed by atoms with Gasteiger partial charge in [-0.1, -0.05) is 6.07 Å². The van der Waals surface area contributed by atoms with Crippen molar-refractivity contribution in [3.05, 3.63) is 23.9 Å². The summed E-state index contributed by atoms with van der Waals surface area (Å²) in [5, 5.41) is 3.51. The smallest absolute Gasteiger partial charge is 0.212 e. The predicted octanol–water partition coefficient (Wildman–Crippen LogP) is 2.00. The van der Waals surface area contributed by atoms with E-state index in [1.54, 1.807) is 14.2 Å². The molecule has 1 fully saturated rings. The van der Waals surface area contributed by atoms with Crippen LogP contribution in [-0.2, 0) is 11.3 Å². The fourth-order valence-corrected chi connectivity index (χ4v) is 2.12. The second-order valence-electron chi connectivity index (χ2n) is 5.06. The van der Waals surface area contributed by atoms with Gasteiger partial charge in [-0.15, -0.1) is 0 Å². The van der Waals surface area contributed by atoms with Gasteiger partial charge < -0.3 is 14.8 Å². The van der Waals surface area contributed by atoms with Crippen LogP contribution >= 0.6 is 0 Å². The number of methoxy groups -OCH3 is 2. The van der Waals surface area contributed by atoms with Crippen LogP contribution in [0.4, 0.5) is 0 Å². The Morgan fingerprint density at radius 2 is 2.17 bits per heavy atom. The van der Waals surface area contributed by atoms with Gasteiger partial charge in [-0.05, 0) is 30.2 Å². The van der Waals surface area contributed by atoms with Crippen LogP contribution in [0.25, 0.3) is 0 Å². The van der Waals surface area contributed by atoms with Gasteiger partial charge in [0, 0.05) is 39.1 Å². The summed E-state index contributed by atoms with van der Waals surface area (Å²) in [4.78, 5) is 4.20. The molecule has 0 atom stereocenters. The summed E-state index contributed by atoms with van der Waals surface area (Å²) in [7, 11) is 3.40. The Balaban J connectivity index is 1.71. The molecule has 2 rings (SSSR count). The summed E-state index contributed by atoms with van der Waals surface area (Å²) >= 11 is 0. The average molecular weight is 250 g/mol. The van der Waals surface area contributed by atoms with Gasteiger partial charge in [0.05, 0.1) is 7.11 Å². The topological polar surface area (TPSA) is 43.4 Å². The summed E-state index contributed by atoms with van der Waals surface area (Å²) in [5.74, 6) is 0.664. The van der Waals surface area contributed by atoms with Crippen LogP contribution in [0.2, 0.25) is 0 Å². The Hall–Kier alpha value is -1.13. The van der Waals surface area contributed by atoms with E-state index in [0.717, 1.165) is 26.1 Å². The van der Waals surface area contributed by atoms with Gasteiger partial charge in [-0.2, -0.15) is 0 Å². The third-order valence-corrected chi connectivity index (χ3v) is 3.63. The highest BCUT2D eigenvalue weighted by Gasteiger charge is 2.41. The molecule has 4 heteroatoms. The molecule has 0 unspecified atom stereocenters. The number of aromatic nitrogens is 1. The molecule has 1 aliphatic rings. The third-order valence-electron chi connectivity index (χ3n) is 3.63. The van der Waals surface area contributed by atoms with Crippen molar-refractivity contribution in [2.24, 2.45) is 5.41 Å².